The average molecular weight is 286 g/mol. The lowest BCUT2D eigenvalue weighted by molar-refractivity contribution is -0.131. The van der Waals surface area contributed by atoms with Crippen molar-refractivity contribution >= 4 is 12.0 Å². The first-order valence-electron chi connectivity index (χ1n) is 6.11. The van der Waals surface area contributed by atoms with Crippen molar-refractivity contribution in [1.29, 1.82) is 0 Å². The van der Waals surface area contributed by atoms with Gasteiger partial charge in [-0.2, -0.15) is 0 Å². The number of hydrogen-bond donors (Lipinski definition) is 1. The minimum atomic E-state index is -2.61. The molecule has 110 valence electrons. The van der Waals surface area contributed by atoms with Crippen molar-refractivity contribution in [2.45, 2.75) is 19.8 Å². The van der Waals surface area contributed by atoms with Gasteiger partial charge in [0.1, 0.15) is 18.1 Å². The molecule has 0 atom stereocenters. The van der Waals surface area contributed by atoms with E-state index in [-0.39, 0.29) is 5.75 Å². The Bertz CT molecular complexity index is 472. The van der Waals surface area contributed by atoms with E-state index in [0.717, 1.165) is 12.5 Å². The molecular weight excluding hydrogens is 270 g/mol. The molecule has 0 bridgehead atoms. The molecule has 0 aliphatic rings. The minimum absolute atomic E-state index is 0.163. The van der Waals surface area contributed by atoms with E-state index in [1.54, 1.807) is 12.1 Å². The zero-order chi connectivity index (χ0) is 15.0. The van der Waals surface area contributed by atoms with Crippen LogP contribution in [-0.2, 0) is 4.79 Å². The van der Waals surface area contributed by atoms with Gasteiger partial charge >= 0.3 is 5.97 Å². The van der Waals surface area contributed by atoms with Crippen molar-refractivity contribution in [3.05, 3.63) is 29.8 Å². The third-order valence-corrected chi connectivity index (χ3v) is 2.23. The van der Waals surface area contributed by atoms with Crippen molar-refractivity contribution in [2.24, 2.45) is 0 Å². The van der Waals surface area contributed by atoms with Gasteiger partial charge in [-0.05, 0) is 24.6 Å². The van der Waals surface area contributed by atoms with Gasteiger partial charge in [-0.25, -0.2) is 13.6 Å². The summed E-state index contributed by atoms with van der Waals surface area (Å²) in [5.41, 5.74) is 0.400. The number of carboxylic acids is 1. The Morgan fingerprint density at radius 3 is 2.75 bits per heavy atom. The normalized spacial score (nSPS) is 11.0. The molecule has 1 aromatic carbocycles. The highest BCUT2D eigenvalue weighted by atomic mass is 19.3. The number of carbonyl (C=O) groups is 1. The van der Waals surface area contributed by atoms with E-state index >= 15 is 0 Å². The fraction of sp³-hybridized carbons (Fsp3) is 0.357. The molecule has 1 aromatic rings. The first-order valence-corrected chi connectivity index (χ1v) is 6.11. The van der Waals surface area contributed by atoms with E-state index in [2.05, 4.69) is 0 Å². The first-order chi connectivity index (χ1) is 9.52. The molecule has 1 rings (SSSR count). The smallest absolute Gasteiger partial charge is 0.328 e. The van der Waals surface area contributed by atoms with Gasteiger partial charge in [-0.15, -0.1) is 0 Å². The lowest BCUT2D eigenvalue weighted by Crippen LogP contribution is -2.08. The highest BCUT2D eigenvalue weighted by molar-refractivity contribution is 5.86. The van der Waals surface area contributed by atoms with Crippen LogP contribution in [0.3, 0.4) is 0 Å². The van der Waals surface area contributed by atoms with Crippen LogP contribution in [0, 0.1) is 0 Å². The predicted molar refractivity (Wildman–Crippen MR) is 70.4 cm³/mol. The van der Waals surface area contributed by atoms with Gasteiger partial charge in [0.15, 0.2) is 0 Å². The number of carboxylic acid groups (broad SMARTS) is 1. The third-order valence-electron chi connectivity index (χ3n) is 2.23. The van der Waals surface area contributed by atoms with Gasteiger partial charge in [0, 0.05) is 17.7 Å². The highest BCUT2D eigenvalue weighted by Gasteiger charge is 2.08. The number of rotatable bonds is 8. The van der Waals surface area contributed by atoms with Crippen molar-refractivity contribution in [3.8, 4) is 11.5 Å². The lowest BCUT2D eigenvalue weighted by atomic mass is 10.1. The molecule has 0 aliphatic heterocycles. The van der Waals surface area contributed by atoms with Crippen LogP contribution in [0.25, 0.3) is 6.08 Å². The summed E-state index contributed by atoms with van der Waals surface area (Å²) >= 11 is 0. The monoisotopic (exact) mass is 286 g/mol. The number of aliphatic carboxylic acids is 1. The largest absolute Gasteiger partial charge is 0.493 e. The maximum atomic E-state index is 12.2. The fourth-order valence-corrected chi connectivity index (χ4v) is 1.40. The van der Waals surface area contributed by atoms with Crippen molar-refractivity contribution in [2.75, 3.05) is 13.2 Å². The summed E-state index contributed by atoms with van der Waals surface area (Å²) in [6, 6.07) is 4.66. The van der Waals surface area contributed by atoms with Gasteiger partial charge in [0.25, 0.3) is 6.43 Å². The predicted octanol–water partition coefficient (Wildman–Crippen LogP) is 3.22. The Morgan fingerprint density at radius 2 is 2.15 bits per heavy atom. The van der Waals surface area contributed by atoms with Gasteiger partial charge in [-0.3, -0.25) is 0 Å². The van der Waals surface area contributed by atoms with E-state index in [9.17, 15) is 13.6 Å². The SMILES string of the molecule is CCCOc1ccc(/C=C/C(=O)O)c(OCC(F)F)c1. The maximum Gasteiger partial charge on any atom is 0.328 e. The number of halogens is 2. The van der Waals surface area contributed by atoms with E-state index in [1.165, 1.54) is 12.1 Å². The second kappa shape index (κ2) is 8.14. The molecule has 0 aromatic heterocycles. The standard InChI is InChI=1S/C14H16F2O4/c1-2-7-19-11-5-3-10(4-6-14(17)18)12(8-11)20-9-13(15)16/h3-6,8,13H,2,7,9H2,1H3,(H,17,18)/b6-4+. The third kappa shape index (κ3) is 5.69. The van der Waals surface area contributed by atoms with Gasteiger partial charge in [-0.1, -0.05) is 6.92 Å². The molecule has 0 spiro atoms. The second-order valence-electron chi connectivity index (χ2n) is 3.92. The van der Waals surface area contributed by atoms with Crippen LogP contribution in [0.4, 0.5) is 8.78 Å². The molecule has 20 heavy (non-hydrogen) atoms. The molecule has 1 N–H and O–H groups in total. The molecule has 0 fully saturated rings. The summed E-state index contributed by atoms with van der Waals surface area (Å²) in [4.78, 5) is 10.5. The van der Waals surface area contributed by atoms with Gasteiger partial charge < -0.3 is 14.6 Å². The molecule has 0 aliphatic carbocycles. The highest BCUT2D eigenvalue weighted by Crippen LogP contribution is 2.26. The maximum absolute atomic E-state index is 12.2. The quantitative estimate of drug-likeness (QED) is 0.745. The Hall–Kier alpha value is -2.11. The number of hydrogen-bond acceptors (Lipinski definition) is 3. The summed E-state index contributed by atoms with van der Waals surface area (Å²) < 4.78 is 34.8. The Labute approximate surface area is 115 Å². The average Bonchev–Trinajstić information content (AvgIpc) is 2.41. The van der Waals surface area contributed by atoms with E-state index < -0.39 is 19.0 Å². The minimum Gasteiger partial charge on any atom is -0.493 e. The molecule has 0 amide bonds. The number of ether oxygens (including phenoxy) is 2. The van der Waals surface area contributed by atoms with Crippen LogP contribution >= 0.6 is 0 Å². The topological polar surface area (TPSA) is 55.8 Å². The first kappa shape index (κ1) is 15.9. The van der Waals surface area contributed by atoms with Crippen LogP contribution in [0.2, 0.25) is 0 Å². The van der Waals surface area contributed by atoms with E-state index in [0.29, 0.717) is 17.9 Å². The Morgan fingerprint density at radius 1 is 1.40 bits per heavy atom. The lowest BCUT2D eigenvalue weighted by Gasteiger charge is -2.11. The molecule has 0 heterocycles. The zero-order valence-corrected chi connectivity index (χ0v) is 11.0. The summed E-state index contributed by atoms with van der Waals surface area (Å²) in [5, 5.41) is 8.58. The Balaban J connectivity index is 2.93. The van der Waals surface area contributed by atoms with Crippen molar-refractivity contribution in [3.63, 3.8) is 0 Å². The summed E-state index contributed by atoms with van der Waals surface area (Å²) in [6.45, 7) is 1.68. The summed E-state index contributed by atoms with van der Waals surface area (Å²) in [7, 11) is 0. The van der Waals surface area contributed by atoms with Gasteiger partial charge in [0.05, 0.1) is 6.61 Å². The van der Waals surface area contributed by atoms with Crippen LogP contribution in [-0.4, -0.2) is 30.7 Å². The van der Waals surface area contributed by atoms with Crippen LogP contribution in [0.15, 0.2) is 24.3 Å². The van der Waals surface area contributed by atoms with Crippen LogP contribution in [0.5, 0.6) is 11.5 Å². The molecule has 4 nitrogen and oxygen atoms in total. The molecule has 0 saturated carbocycles. The van der Waals surface area contributed by atoms with E-state index in [1.807, 2.05) is 6.92 Å². The summed E-state index contributed by atoms with van der Waals surface area (Å²) in [5.74, 6) is -0.476. The second-order valence-corrected chi connectivity index (χ2v) is 3.92. The van der Waals surface area contributed by atoms with Gasteiger partial charge in [0.2, 0.25) is 0 Å². The fourth-order valence-electron chi connectivity index (χ4n) is 1.40. The van der Waals surface area contributed by atoms with Crippen LogP contribution in [0.1, 0.15) is 18.9 Å². The number of alkyl halides is 2. The number of benzene rings is 1. The van der Waals surface area contributed by atoms with E-state index in [4.69, 9.17) is 14.6 Å². The molecule has 0 unspecified atom stereocenters. The zero-order valence-electron chi connectivity index (χ0n) is 11.0. The molecule has 0 radical (unpaired) electrons. The molecule has 0 saturated heterocycles. The summed E-state index contributed by atoms with van der Waals surface area (Å²) in [6.07, 6.45) is 0.407. The van der Waals surface area contributed by atoms with Crippen LogP contribution < -0.4 is 9.47 Å². The molecule has 6 heteroatoms. The Kier molecular flexibility index (Phi) is 6.49. The van der Waals surface area contributed by atoms with Crippen molar-refractivity contribution in [1.82, 2.24) is 0 Å². The molecular formula is C14H16F2O4. The van der Waals surface area contributed by atoms with Crippen molar-refractivity contribution < 1.29 is 28.2 Å².